The van der Waals surface area contributed by atoms with Crippen LogP contribution in [0, 0.1) is 12.7 Å². The summed E-state index contributed by atoms with van der Waals surface area (Å²) in [6.07, 6.45) is 0. The molecule has 1 aromatic carbocycles. The fourth-order valence-corrected chi connectivity index (χ4v) is 1.33. The van der Waals surface area contributed by atoms with Gasteiger partial charge in [-0.2, -0.15) is 0 Å². The highest BCUT2D eigenvalue weighted by Crippen LogP contribution is 2.10. The molecule has 0 fully saturated rings. The Kier molecular flexibility index (Phi) is 2.65. The number of alkyl halides is 1. The zero-order chi connectivity index (χ0) is 7.56. The van der Waals surface area contributed by atoms with Crippen molar-refractivity contribution in [2.45, 2.75) is 11.4 Å². The average Bonchev–Trinajstić information content (AvgIpc) is 1.85. The van der Waals surface area contributed by atoms with Crippen LogP contribution in [0.3, 0.4) is 0 Å². The van der Waals surface area contributed by atoms with Crippen molar-refractivity contribution in [3.05, 3.63) is 35.1 Å². The molecule has 0 saturated carbocycles. The highest BCUT2D eigenvalue weighted by molar-refractivity contribution is 14.1. The van der Waals surface area contributed by atoms with Gasteiger partial charge in [-0.05, 0) is 30.2 Å². The van der Waals surface area contributed by atoms with Gasteiger partial charge in [-0.15, -0.1) is 0 Å². The van der Waals surface area contributed by atoms with E-state index in [1.54, 1.807) is 6.07 Å². The Bertz CT molecular complexity index is 212. The SMILES string of the molecule is Cc1cc(F)cc(CI)c1. The first-order chi connectivity index (χ1) is 4.72. The summed E-state index contributed by atoms with van der Waals surface area (Å²) in [4.78, 5) is 0. The van der Waals surface area contributed by atoms with Crippen LogP contribution in [-0.4, -0.2) is 0 Å². The molecule has 0 atom stereocenters. The fourth-order valence-electron chi connectivity index (χ4n) is 0.889. The molecule has 0 heterocycles. The molecule has 54 valence electrons. The first kappa shape index (κ1) is 7.98. The minimum absolute atomic E-state index is 0.133. The van der Waals surface area contributed by atoms with Gasteiger partial charge < -0.3 is 0 Å². The van der Waals surface area contributed by atoms with E-state index in [0.29, 0.717) is 0 Å². The molecule has 0 bridgehead atoms. The molecule has 0 nitrogen and oxygen atoms in total. The minimum Gasteiger partial charge on any atom is -0.207 e. The van der Waals surface area contributed by atoms with Crippen LogP contribution in [0.2, 0.25) is 0 Å². The summed E-state index contributed by atoms with van der Waals surface area (Å²) in [6.45, 7) is 1.90. The minimum atomic E-state index is -0.133. The van der Waals surface area contributed by atoms with Crippen molar-refractivity contribution in [1.29, 1.82) is 0 Å². The lowest BCUT2D eigenvalue weighted by Gasteiger charge is -1.97. The maximum atomic E-state index is 12.6. The van der Waals surface area contributed by atoms with Crippen LogP contribution >= 0.6 is 22.6 Å². The van der Waals surface area contributed by atoms with Gasteiger partial charge in [-0.3, -0.25) is 0 Å². The van der Waals surface area contributed by atoms with Gasteiger partial charge in [-0.25, -0.2) is 4.39 Å². The average molecular weight is 250 g/mol. The van der Waals surface area contributed by atoms with E-state index in [9.17, 15) is 4.39 Å². The Hall–Kier alpha value is -0.120. The first-order valence-electron chi connectivity index (χ1n) is 3.04. The number of hydrogen-bond acceptors (Lipinski definition) is 0. The maximum absolute atomic E-state index is 12.6. The van der Waals surface area contributed by atoms with Crippen LogP contribution < -0.4 is 0 Å². The summed E-state index contributed by atoms with van der Waals surface area (Å²) in [5, 5.41) is 0. The molecular formula is C8H8FI. The fraction of sp³-hybridized carbons (Fsp3) is 0.250. The number of rotatable bonds is 1. The predicted molar refractivity (Wildman–Crippen MR) is 48.9 cm³/mol. The van der Waals surface area contributed by atoms with Crippen molar-refractivity contribution < 1.29 is 4.39 Å². The third-order valence-electron chi connectivity index (χ3n) is 1.26. The summed E-state index contributed by atoms with van der Waals surface area (Å²) in [7, 11) is 0. The number of benzene rings is 1. The molecule has 10 heavy (non-hydrogen) atoms. The van der Waals surface area contributed by atoms with Crippen molar-refractivity contribution in [2.24, 2.45) is 0 Å². The van der Waals surface area contributed by atoms with Gasteiger partial charge in [0.05, 0.1) is 0 Å². The second kappa shape index (κ2) is 3.32. The van der Waals surface area contributed by atoms with Gasteiger partial charge in [0.1, 0.15) is 5.82 Å². The number of aryl methyl sites for hydroxylation is 1. The predicted octanol–water partition coefficient (Wildman–Crippen LogP) is 3.07. The van der Waals surface area contributed by atoms with E-state index < -0.39 is 0 Å². The van der Waals surface area contributed by atoms with Gasteiger partial charge >= 0.3 is 0 Å². The van der Waals surface area contributed by atoms with Crippen molar-refractivity contribution in [1.82, 2.24) is 0 Å². The molecule has 0 N–H and O–H groups in total. The molecule has 1 rings (SSSR count). The smallest absolute Gasteiger partial charge is 0.123 e. The number of hydrogen-bond donors (Lipinski definition) is 0. The Balaban J connectivity index is 3.06. The van der Waals surface area contributed by atoms with E-state index in [1.807, 2.05) is 13.0 Å². The molecule has 0 amide bonds. The number of halogens is 2. The van der Waals surface area contributed by atoms with Crippen LogP contribution in [0.25, 0.3) is 0 Å². The largest absolute Gasteiger partial charge is 0.207 e. The van der Waals surface area contributed by atoms with Crippen molar-refractivity contribution in [3.63, 3.8) is 0 Å². The Morgan fingerprint density at radius 3 is 2.60 bits per heavy atom. The molecule has 0 spiro atoms. The van der Waals surface area contributed by atoms with Crippen LogP contribution in [0.15, 0.2) is 18.2 Å². The second-order valence-corrected chi connectivity index (χ2v) is 3.03. The van der Waals surface area contributed by atoms with E-state index in [0.717, 1.165) is 15.6 Å². The van der Waals surface area contributed by atoms with Crippen molar-refractivity contribution in [2.75, 3.05) is 0 Å². The molecule has 0 saturated heterocycles. The zero-order valence-electron chi connectivity index (χ0n) is 5.70. The van der Waals surface area contributed by atoms with Gasteiger partial charge in [0.25, 0.3) is 0 Å². The van der Waals surface area contributed by atoms with Crippen molar-refractivity contribution >= 4 is 22.6 Å². The molecule has 0 aliphatic carbocycles. The van der Waals surface area contributed by atoms with E-state index in [1.165, 1.54) is 6.07 Å². The highest BCUT2D eigenvalue weighted by atomic mass is 127. The van der Waals surface area contributed by atoms with Gasteiger partial charge in [0, 0.05) is 4.43 Å². The quantitative estimate of drug-likeness (QED) is 0.530. The van der Waals surface area contributed by atoms with Gasteiger partial charge in [0.15, 0.2) is 0 Å². The molecule has 0 radical (unpaired) electrons. The van der Waals surface area contributed by atoms with Crippen LogP contribution in [0.5, 0.6) is 0 Å². The topological polar surface area (TPSA) is 0 Å². The van der Waals surface area contributed by atoms with E-state index in [2.05, 4.69) is 22.6 Å². The molecule has 0 aliphatic heterocycles. The van der Waals surface area contributed by atoms with Crippen LogP contribution in [-0.2, 0) is 4.43 Å². The lowest BCUT2D eigenvalue weighted by molar-refractivity contribution is 0.625. The summed E-state index contributed by atoms with van der Waals surface area (Å²) < 4.78 is 13.5. The Morgan fingerprint density at radius 2 is 2.10 bits per heavy atom. The molecule has 2 heteroatoms. The Morgan fingerprint density at radius 1 is 1.40 bits per heavy atom. The second-order valence-electron chi connectivity index (χ2n) is 2.27. The molecular weight excluding hydrogens is 242 g/mol. The van der Waals surface area contributed by atoms with E-state index in [4.69, 9.17) is 0 Å². The summed E-state index contributed by atoms with van der Waals surface area (Å²) >= 11 is 2.22. The van der Waals surface area contributed by atoms with Crippen molar-refractivity contribution in [3.8, 4) is 0 Å². The normalized spacial score (nSPS) is 9.90. The molecule has 0 aromatic heterocycles. The van der Waals surface area contributed by atoms with Gasteiger partial charge in [-0.1, -0.05) is 28.7 Å². The van der Waals surface area contributed by atoms with E-state index in [-0.39, 0.29) is 5.82 Å². The standard InChI is InChI=1S/C8H8FI/c1-6-2-7(5-10)4-8(9)3-6/h2-4H,5H2,1H3. The highest BCUT2D eigenvalue weighted by Gasteiger charge is 1.94. The first-order valence-corrected chi connectivity index (χ1v) is 4.57. The molecule has 1 aromatic rings. The van der Waals surface area contributed by atoms with E-state index >= 15 is 0 Å². The zero-order valence-corrected chi connectivity index (χ0v) is 7.85. The lowest BCUT2D eigenvalue weighted by Crippen LogP contribution is -1.82. The maximum Gasteiger partial charge on any atom is 0.123 e. The van der Waals surface area contributed by atoms with Crippen LogP contribution in [0.1, 0.15) is 11.1 Å². The third-order valence-corrected chi connectivity index (χ3v) is 2.14. The molecule has 0 unspecified atom stereocenters. The van der Waals surface area contributed by atoms with Crippen LogP contribution in [0.4, 0.5) is 4.39 Å². The molecule has 0 aliphatic rings. The summed E-state index contributed by atoms with van der Waals surface area (Å²) in [6, 6.07) is 5.10. The Labute approximate surface area is 73.6 Å². The monoisotopic (exact) mass is 250 g/mol. The summed E-state index contributed by atoms with van der Waals surface area (Å²) in [5.74, 6) is -0.133. The summed E-state index contributed by atoms with van der Waals surface area (Å²) in [5.41, 5.74) is 2.05. The van der Waals surface area contributed by atoms with Gasteiger partial charge in [0.2, 0.25) is 0 Å². The lowest BCUT2D eigenvalue weighted by atomic mass is 10.2. The third kappa shape index (κ3) is 1.94.